The lowest BCUT2D eigenvalue weighted by Gasteiger charge is -2.37. The summed E-state index contributed by atoms with van der Waals surface area (Å²) >= 11 is 0. The van der Waals surface area contributed by atoms with E-state index in [0.29, 0.717) is 13.2 Å². The first-order chi connectivity index (χ1) is 12.3. The third-order valence-electron chi connectivity index (χ3n) is 4.84. The van der Waals surface area contributed by atoms with Gasteiger partial charge in [0.05, 0.1) is 19.3 Å². The maximum absolute atomic E-state index is 5.93. The van der Waals surface area contributed by atoms with Crippen LogP contribution in [0.1, 0.15) is 24.0 Å². The lowest BCUT2D eigenvalue weighted by Crippen LogP contribution is -2.53. The summed E-state index contributed by atoms with van der Waals surface area (Å²) in [6, 6.07) is 8.33. The molecule has 0 aliphatic carbocycles. The van der Waals surface area contributed by atoms with Crippen molar-refractivity contribution in [2.24, 2.45) is 4.99 Å². The molecule has 0 radical (unpaired) electrons. The van der Waals surface area contributed by atoms with Crippen LogP contribution in [0.3, 0.4) is 0 Å². The minimum absolute atomic E-state index is 0.135. The number of hydrogen-bond acceptors (Lipinski definition) is 4. The Morgan fingerprint density at radius 1 is 1.24 bits per heavy atom. The first kappa shape index (κ1) is 18.2. The normalized spacial score (nSPS) is 24.6. The molecule has 0 saturated carbocycles. The van der Waals surface area contributed by atoms with Crippen molar-refractivity contribution in [3.05, 3.63) is 35.4 Å². The molecule has 138 valence electrons. The van der Waals surface area contributed by atoms with Crippen molar-refractivity contribution in [3.8, 4) is 0 Å². The van der Waals surface area contributed by atoms with E-state index >= 15 is 0 Å². The van der Waals surface area contributed by atoms with Gasteiger partial charge in [-0.3, -0.25) is 4.99 Å². The van der Waals surface area contributed by atoms with Gasteiger partial charge in [0.1, 0.15) is 6.10 Å². The van der Waals surface area contributed by atoms with Crippen LogP contribution >= 0.6 is 0 Å². The number of nitrogens with zero attached hydrogens (tertiary/aromatic N) is 2. The van der Waals surface area contributed by atoms with E-state index in [9.17, 15) is 0 Å². The Hall–Kier alpha value is -1.63. The Balaban J connectivity index is 1.59. The average molecular weight is 347 g/mol. The van der Waals surface area contributed by atoms with Crippen LogP contribution < -0.4 is 5.32 Å². The number of nitrogens with one attached hydrogen (secondary N) is 1. The van der Waals surface area contributed by atoms with Crippen molar-refractivity contribution in [2.75, 3.05) is 40.5 Å². The SMILES string of the molecule is CN=C(NCc1ccccc1COC)N1CCOC(C2CCCO2)C1. The molecule has 1 aromatic carbocycles. The smallest absolute Gasteiger partial charge is 0.194 e. The van der Waals surface area contributed by atoms with Gasteiger partial charge in [-0.25, -0.2) is 0 Å². The molecule has 0 spiro atoms. The van der Waals surface area contributed by atoms with E-state index in [1.807, 2.05) is 13.1 Å². The van der Waals surface area contributed by atoms with Crippen LogP contribution in [-0.4, -0.2) is 63.5 Å². The van der Waals surface area contributed by atoms with E-state index in [0.717, 1.165) is 45.0 Å². The highest BCUT2D eigenvalue weighted by Gasteiger charge is 2.32. The van der Waals surface area contributed by atoms with Gasteiger partial charge >= 0.3 is 0 Å². The fourth-order valence-electron chi connectivity index (χ4n) is 3.52. The average Bonchev–Trinajstić information content (AvgIpc) is 3.19. The Morgan fingerprint density at radius 3 is 2.76 bits per heavy atom. The third kappa shape index (κ3) is 4.71. The molecule has 2 aliphatic heterocycles. The molecule has 6 heteroatoms. The fraction of sp³-hybridized carbons (Fsp3) is 0.632. The molecule has 1 N–H and O–H groups in total. The summed E-state index contributed by atoms with van der Waals surface area (Å²) in [5, 5.41) is 3.49. The van der Waals surface area contributed by atoms with Gasteiger partial charge in [0.15, 0.2) is 5.96 Å². The summed E-state index contributed by atoms with van der Waals surface area (Å²) in [7, 11) is 3.56. The topological polar surface area (TPSA) is 55.3 Å². The zero-order chi connectivity index (χ0) is 17.5. The van der Waals surface area contributed by atoms with Crippen molar-refractivity contribution < 1.29 is 14.2 Å². The van der Waals surface area contributed by atoms with Crippen LogP contribution in [-0.2, 0) is 27.4 Å². The maximum atomic E-state index is 5.93. The van der Waals surface area contributed by atoms with Gasteiger partial charge in [-0.2, -0.15) is 0 Å². The third-order valence-corrected chi connectivity index (χ3v) is 4.84. The summed E-state index contributed by atoms with van der Waals surface area (Å²) in [5.74, 6) is 0.915. The molecule has 2 heterocycles. The van der Waals surface area contributed by atoms with Crippen molar-refractivity contribution in [2.45, 2.75) is 38.2 Å². The molecule has 1 aromatic rings. The summed E-state index contributed by atoms with van der Waals surface area (Å²) in [4.78, 5) is 6.74. The second-order valence-electron chi connectivity index (χ2n) is 6.51. The van der Waals surface area contributed by atoms with Crippen LogP contribution in [0.25, 0.3) is 0 Å². The molecule has 2 aliphatic rings. The van der Waals surface area contributed by atoms with Crippen LogP contribution in [0.2, 0.25) is 0 Å². The summed E-state index contributed by atoms with van der Waals surface area (Å²) in [6.07, 6.45) is 2.59. The van der Waals surface area contributed by atoms with Gasteiger partial charge < -0.3 is 24.4 Å². The van der Waals surface area contributed by atoms with Gasteiger partial charge in [-0.15, -0.1) is 0 Å². The molecule has 2 fully saturated rings. The van der Waals surface area contributed by atoms with Crippen LogP contribution in [0.5, 0.6) is 0 Å². The van der Waals surface area contributed by atoms with Crippen LogP contribution in [0.4, 0.5) is 0 Å². The fourth-order valence-corrected chi connectivity index (χ4v) is 3.52. The number of aliphatic imine (C=N–C) groups is 1. The number of hydrogen-bond donors (Lipinski definition) is 1. The molecule has 2 unspecified atom stereocenters. The Kier molecular flexibility index (Phi) is 6.67. The molecule has 25 heavy (non-hydrogen) atoms. The van der Waals surface area contributed by atoms with Gasteiger partial charge in [-0.05, 0) is 24.0 Å². The molecule has 0 bridgehead atoms. The number of guanidine groups is 1. The molecule has 2 atom stereocenters. The maximum Gasteiger partial charge on any atom is 0.194 e. The van der Waals surface area contributed by atoms with Crippen molar-refractivity contribution in [1.29, 1.82) is 0 Å². The highest BCUT2D eigenvalue weighted by molar-refractivity contribution is 5.80. The first-order valence-electron chi connectivity index (χ1n) is 9.06. The van der Waals surface area contributed by atoms with Gasteiger partial charge in [0.25, 0.3) is 0 Å². The van der Waals surface area contributed by atoms with Gasteiger partial charge in [-0.1, -0.05) is 24.3 Å². The van der Waals surface area contributed by atoms with E-state index in [1.54, 1.807) is 7.11 Å². The monoisotopic (exact) mass is 347 g/mol. The number of rotatable bonds is 5. The molecule has 0 amide bonds. The van der Waals surface area contributed by atoms with E-state index in [1.165, 1.54) is 11.1 Å². The molecule has 3 rings (SSSR count). The minimum atomic E-state index is 0.135. The Morgan fingerprint density at radius 2 is 2.04 bits per heavy atom. The van der Waals surface area contributed by atoms with Gasteiger partial charge in [0, 0.05) is 40.4 Å². The van der Waals surface area contributed by atoms with Crippen LogP contribution in [0.15, 0.2) is 29.3 Å². The first-order valence-corrected chi connectivity index (χ1v) is 9.06. The van der Waals surface area contributed by atoms with Gasteiger partial charge in [0.2, 0.25) is 0 Å². The zero-order valence-electron chi connectivity index (χ0n) is 15.2. The quantitative estimate of drug-likeness (QED) is 0.650. The lowest BCUT2D eigenvalue weighted by atomic mass is 10.1. The van der Waals surface area contributed by atoms with Crippen molar-refractivity contribution in [3.63, 3.8) is 0 Å². The summed E-state index contributed by atoms with van der Waals surface area (Å²) in [5.41, 5.74) is 2.43. The minimum Gasteiger partial charge on any atom is -0.380 e. The second-order valence-corrected chi connectivity index (χ2v) is 6.51. The molecule has 6 nitrogen and oxygen atoms in total. The van der Waals surface area contributed by atoms with E-state index in [2.05, 4.69) is 33.4 Å². The zero-order valence-corrected chi connectivity index (χ0v) is 15.2. The highest BCUT2D eigenvalue weighted by Crippen LogP contribution is 2.21. The van der Waals surface area contributed by atoms with Crippen molar-refractivity contribution in [1.82, 2.24) is 10.2 Å². The second kappa shape index (κ2) is 9.17. The number of ether oxygens (including phenoxy) is 3. The molecular weight excluding hydrogens is 318 g/mol. The molecule has 2 saturated heterocycles. The Labute approximate surface area is 150 Å². The summed E-state index contributed by atoms with van der Waals surface area (Å²) < 4.78 is 17.0. The van der Waals surface area contributed by atoms with E-state index < -0.39 is 0 Å². The predicted octanol–water partition coefficient (Wildman–Crippen LogP) is 1.79. The number of methoxy groups -OCH3 is 1. The largest absolute Gasteiger partial charge is 0.380 e. The molecular formula is C19H29N3O3. The van der Waals surface area contributed by atoms with E-state index in [-0.39, 0.29) is 12.2 Å². The number of benzene rings is 1. The Bertz CT molecular complexity index is 573. The lowest BCUT2D eigenvalue weighted by molar-refractivity contribution is -0.0817. The highest BCUT2D eigenvalue weighted by atomic mass is 16.5. The molecule has 0 aromatic heterocycles. The summed E-state index contributed by atoms with van der Waals surface area (Å²) in [6.45, 7) is 4.59. The van der Waals surface area contributed by atoms with E-state index in [4.69, 9.17) is 14.2 Å². The van der Waals surface area contributed by atoms with Crippen molar-refractivity contribution >= 4 is 5.96 Å². The predicted molar refractivity (Wildman–Crippen MR) is 97.6 cm³/mol. The number of morpholine rings is 1. The van der Waals surface area contributed by atoms with Crippen LogP contribution in [0, 0.1) is 0 Å². The standard InChI is InChI=1S/C19H29N3O3/c1-20-19(21-12-15-6-3-4-7-16(15)14-23-2)22-9-11-25-18(13-22)17-8-5-10-24-17/h3-4,6-7,17-18H,5,8-14H2,1-2H3,(H,20,21).